The van der Waals surface area contributed by atoms with Crippen LogP contribution in [0.1, 0.15) is 55.5 Å². The predicted molar refractivity (Wildman–Crippen MR) is 189 cm³/mol. The Morgan fingerprint density at radius 3 is 1.56 bits per heavy atom. The number of hydrogen-bond acceptors (Lipinski definition) is 2. The van der Waals surface area contributed by atoms with Gasteiger partial charge in [-0.2, -0.15) is 0 Å². The van der Waals surface area contributed by atoms with Crippen molar-refractivity contribution in [3.63, 3.8) is 0 Å². The Morgan fingerprint density at radius 2 is 0.911 bits per heavy atom. The van der Waals surface area contributed by atoms with Gasteiger partial charge in [0.25, 0.3) is 0 Å². The second-order valence-corrected chi connectivity index (χ2v) is 13.9. The van der Waals surface area contributed by atoms with Crippen molar-refractivity contribution >= 4 is 34.1 Å². The van der Waals surface area contributed by atoms with Gasteiger partial charge < -0.3 is 9.80 Å². The molecule has 1 heterocycles. The zero-order valence-corrected chi connectivity index (χ0v) is 26.5. The maximum atomic E-state index is 2.52. The molecule has 0 unspecified atom stereocenters. The van der Waals surface area contributed by atoms with Crippen LogP contribution in [-0.4, -0.2) is 0 Å². The van der Waals surface area contributed by atoms with E-state index in [1.807, 2.05) is 0 Å². The van der Waals surface area contributed by atoms with Crippen LogP contribution in [0, 0.1) is 6.92 Å². The Bertz CT molecular complexity index is 2140. The summed E-state index contributed by atoms with van der Waals surface area (Å²) in [5.41, 5.74) is 19.6. The molecule has 0 saturated carbocycles. The summed E-state index contributed by atoms with van der Waals surface area (Å²) in [6, 6.07) is 47.3. The van der Waals surface area contributed by atoms with Crippen LogP contribution in [0.15, 0.2) is 127 Å². The van der Waals surface area contributed by atoms with Crippen LogP contribution in [0.25, 0.3) is 22.3 Å². The molecule has 2 nitrogen and oxygen atoms in total. The molecule has 6 aromatic rings. The molecule has 0 aromatic heterocycles. The molecular formula is C43H36N2. The van der Waals surface area contributed by atoms with Crippen LogP contribution in [0.3, 0.4) is 0 Å². The van der Waals surface area contributed by atoms with E-state index in [2.05, 4.69) is 172 Å². The van der Waals surface area contributed by atoms with Gasteiger partial charge in [-0.1, -0.05) is 94.4 Å². The van der Waals surface area contributed by atoms with E-state index in [9.17, 15) is 0 Å². The normalized spacial score (nSPS) is 15.9. The van der Waals surface area contributed by atoms with Gasteiger partial charge in [0.2, 0.25) is 0 Å². The molecule has 0 saturated heterocycles. The summed E-state index contributed by atoms with van der Waals surface area (Å²) < 4.78 is 0. The molecule has 0 N–H and O–H groups in total. The smallest absolute Gasteiger partial charge is 0.0703 e. The van der Waals surface area contributed by atoms with Crippen molar-refractivity contribution in [2.45, 2.75) is 45.4 Å². The quantitative estimate of drug-likeness (QED) is 0.201. The lowest BCUT2D eigenvalue weighted by Gasteiger charge is -2.40. The first-order valence-corrected chi connectivity index (χ1v) is 16.0. The summed E-state index contributed by atoms with van der Waals surface area (Å²) in [5.74, 6) is 0. The number of aryl methyl sites for hydroxylation is 1. The van der Waals surface area contributed by atoms with Crippen molar-refractivity contribution in [1.29, 1.82) is 0 Å². The fraction of sp³-hybridized carbons (Fsp3) is 0.163. The molecule has 0 fully saturated rings. The molecule has 218 valence electrons. The van der Waals surface area contributed by atoms with Gasteiger partial charge in [-0.3, -0.25) is 0 Å². The van der Waals surface area contributed by atoms with Crippen molar-refractivity contribution < 1.29 is 0 Å². The van der Waals surface area contributed by atoms with E-state index in [0.717, 1.165) is 5.69 Å². The third-order valence-electron chi connectivity index (χ3n) is 10.7. The highest BCUT2D eigenvalue weighted by Gasteiger charge is 2.42. The second kappa shape index (κ2) is 8.99. The fourth-order valence-corrected chi connectivity index (χ4v) is 8.40. The molecule has 0 spiro atoms. The molecule has 2 heteroatoms. The van der Waals surface area contributed by atoms with Crippen molar-refractivity contribution in [1.82, 2.24) is 0 Å². The van der Waals surface area contributed by atoms with E-state index in [0.29, 0.717) is 0 Å². The highest BCUT2D eigenvalue weighted by molar-refractivity contribution is 6.02. The zero-order valence-electron chi connectivity index (χ0n) is 26.5. The van der Waals surface area contributed by atoms with Crippen molar-refractivity contribution in [2.75, 3.05) is 9.80 Å². The standard InChI is InChI=1S/C43H36N2/c1-27-14-13-17-33-41(27)32-26-35-31(25-36(32)42(33,2)3)30-23-22-29(24-34(30)43(35,4)5)45-39-20-11-9-18-37(39)44(28-15-7-6-8-16-28)38-19-10-12-21-40(38)45/h6-26H,1-5H3. The van der Waals surface area contributed by atoms with E-state index >= 15 is 0 Å². The van der Waals surface area contributed by atoms with E-state index in [4.69, 9.17) is 0 Å². The number of para-hydroxylation sites is 5. The molecule has 0 amide bonds. The van der Waals surface area contributed by atoms with Gasteiger partial charge in [0, 0.05) is 22.2 Å². The molecule has 9 rings (SSSR count). The molecule has 45 heavy (non-hydrogen) atoms. The Balaban J connectivity index is 1.22. The lowest BCUT2D eigenvalue weighted by atomic mass is 9.79. The van der Waals surface area contributed by atoms with Crippen LogP contribution in [0.2, 0.25) is 0 Å². The average Bonchev–Trinajstić information content (AvgIpc) is 3.42. The summed E-state index contributed by atoms with van der Waals surface area (Å²) in [6.45, 7) is 11.8. The van der Waals surface area contributed by atoms with Crippen LogP contribution in [0.4, 0.5) is 34.1 Å². The number of fused-ring (bicyclic) bond motifs is 8. The van der Waals surface area contributed by atoms with Crippen molar-refractivity contribution in [3.05, 3.63) is 155 Å². The zero-order chi connectivity index (χ0) is 30.7. The van der Waals surface area contributed by atoms with Crippen LogP contribution in [0.5, 0.6) is 0 Å². The van der Waals surface area contributed by atoms with Crippen molar-refractivity contribution in [2.24, 2.45) is 0 Å². The summed E-state index contributed by atoms with van der Waals surface area (Å²) in [7, 11) is 0. The fourth-order valence-electron chi connectivity index (χ4n) is 8.40. The van der Waals surface area contributed by atoms with Crippen LogP contribution in [-0.2, 0) is 10.8 Å². The Kier molecular flexibility index (Phi) is 5.26. The lowest BCUT2D eigenvalue weighted by Crippen LogP contribution is -2.24. The Labute approximate surface area is 266 Å². The van der Waals surface area contributed by atoms with E-state index in [-0.39, 0.29) is 10.8 Å². The van der Waals surface area contributed by atoms with Crippen LogP contribution >= 0.6 is 0 Å². The minimum Gasteiger partial charge on any atom is -0.306 e. The monoisotopic (exact) mass is 580 g/mol. The number of rotatable bonds is 2. The summed E-state index contributed by atoms with van der Waals surface area (Å²) in [4.78, 5) is 4.84. The number of nitrogens with zero attached hydrogens (tertiary/aromatic N) is 2. The molecule has 6 aromatic carbocycles. The third kappa shape index (κ3) is 3.45. The molecule has 0 radical (unpaired) electrons. The van der Waals surface area contributed by atoms with Gasteiger partial charge >= 0.3 is 0 Å². The maximum absolute atomic E-state index is 2.52. The topological polar surface area (TPSA) is 6.48 Å². The van der Waals surface area contributed by atoms with E-state index in [1.54, 1.807) is 0 Å². The largest absolute Gasteiger partial charge is 0.306 e. The Morgan fingerprint density at radius 1 is 0.400 bits per heavy atom. The third-order valence-corrected chi connectivity index (χ3v) is 10.7. The first-order valence-electron chi connectivity index (χ1n) is 16.0. The summed E-state index contributed by atoms with van der Waals surface area (Å²) in [6.07, 6.45) is 0. The van der Waals surface area contributed by atoms with Gasteiger partial charge in [-0.25, -0.2) is 0 Å². The van der Waals surface area contributed by atoms with Gasteiger partial charge in [0.1, 0.15) is 0 Å². The van der Waals surface area contributed by atoms with Gasteiger partial charge in [-0.05, 0) is 118 Å². The number of anilines is 6. The van der Waals surface area contributed by atoms with Gasteiger partial charge in [-0.15, -0.1) is 0 Å². The van der Waals surface area contributed by atoms with Crippen molar-refractivity contribution in [3.8, 4) is 22.3 Å². The predicted octanol–water partition coefficient (Wildman–Crippen LogP) is 11.9. The van der Waals surface area contributed by atoms with E-state index < -0.39 is 0 Å². The lowest BCUT2D eigenvalue weighted by molar-refractivity contribution is 0.652. The molecule has 0 bridgehead atoms. The maximum Gasteiger partial charge on any atom is 0.0703 e. The number of hydrogen-bond donors (Lipinski definition) is 0. The summed E-state index contributed by atoms with van der Waals surface area (Å²) >= 11 is 0. The average molecular weight is 581 g/mol. The van der Waals surface area contributed by atoms with Crippen LogP contribution < -0.4 is 9.80 Å². The van der Waals surface area contributed by atoms with Gasteiger partial charge in [0.05, 0.1) is 22.7 Å². The molecule has 3 aliphatic rings. The first kappa shape index (κ1) is 26.3. The molecule has 1 aliphatic heterocycles. The molecular weight excluding hydrogens is 544 g/mol. The SMILES string of the molecule is Cc1cccc2c1-c1cc3c(cc1C2(C)C)-c1ccc(N2c4ccccc4N(c4ccccc4)c4ccccc42)cc1C3(C)C. The van der Waals surface area contributed by atoms with Gasteiger partial charge in [0.15, 0.2) is 0 Å². The minimum absolute atomic E-state index is 0.0234. The summed E-state index contributed by atoms with van der Waals surface area (Å²) in [5, 5.41) is 0. The molecule has 2 aliphatic carbocycles. The highest BCUT2D eigenvalue weighted by atomic mass is 15.3. The highest BCUT2D eigenvalue weighted by Crippen LogP contribution is 2.59. The van der Waals surface area contributed by atoms with E-state index in [1.165, 1.54) is 78.5 Å². The minimum atomic E-state index is -0.129. The first-order chi connectivity index (χ1) is 21.8. The Hall–Kier alpha value is -5.08. The number of benzene rings is 6. The second-order valence-electron chi connectivity index (χ2n) is 13.9. The molecule has 0 atom stereocenters.